The Morgan fingerprint density at radius 2 is 1.93 bits per heavy atom. The first-order valence-electron chi connectivity index (χ1n) is 9.64. The fraction of sp³-hybridized carbons (Fsp3) is 0.273. The van der Waals surface area contributed by atoms with E-state index < -0.39 is 0 Å². The lowest BCUT2D eigenvalue weighted by Gasteiger charge is -2.21. The Morgan fingerprint density at radius 1 is 1.10 bits per heavy atom. The molecule has 0 amide bonds. The van der Waals surface area contributed by atoms with Crippen molar-refractivity contribution >= 4 is 22.8 Å². The Morgan fingerprint density at radius 3 is 2.67 bits per heavy atom. The van der Waals surface area contributed by atoms with Crippen LogP contribution in [0.2, 0.25) is 0 Å². The minimum Gasteiger partial charge on any atom is -0.493 e. The highest BCUT2D eigenvalue weighted by Crippen LogP contribution is 2.38. The molecule has 7 nitrogen and oxygen atoms in total. The monoisotopic (exact) mass is 420 g/mol. The second kappa shape index (κ2) is 7.21. The number of ether oxygens (including phenoxy) is 2. The van der Waals surface area contributed by atoms with E-state index in [2.05, 4.69) is 16.3 Å². The van der Waals surface area contributed by atoms with Gasteiger partial charge in [-0.25, -0.2) is 4.52 Å². The molecule has 152 valence electrons. The van der Waals surface area contributed by atoms with E-state index in [9.17, 15) is 4.79 Å². The summed E-state index contributed by atoms with van der Waals surface area (Å²) in [4.78, 5) is 14.0. The Kier molecular flexibility index (Phi) is 4.51. The van der Waals surface area contributed by atoms with Crippen molar-refractivity contribution < 1.29 is 14.3 Å². The zero-order chi connectivity index (χ0) is 20.8. The van der Waals surface area contributed by atoms with E-state index in [4.69, 9.17) is 14.6 Å². The molecular weight excluding hydrogens is 400 g/mol. The van der Waals surface area contributed by atoms with Gasteiger partial charge < -0.3 is 9.47 Å². The molecule has 0 bridgehead atoms. The molecule has 1 unspecified atom stereocenters. The average Bonchev–Trinajstić information content (AvgIpc) is 3.40. The van der Waals surface area contributed by atoms with Gasteiger partial charge in [-0.15, -0.1) is 21.5 Å². The van der Waals surface area contributed by atoms with Crippen LogP contribution in [0.4, 0.5) is 0 Å². The van der Waals surface area contributed by atoms with Crippen LogP contribution in [0.1, 0.15) is 39.1 Å². The van der Waals surface area contributed by atoms with E-state index in [1.165, 1.54) is 4.88 Å². The number of aromatic nitrogens is 4. The first kappa shape index (κ1) is 18.7. The lowest BCUT2D eigenvalue weighted by Crippen LogP contribution is -2.23. The van der Waals surface area contributed by atoms with Crippen molar-refractivity contribution in [2.75, 3.05) is 14.2 Å². The predicted molar refractivity (Wildman–Crippen MR) is 114 cm³/mol. The predicted octanol–water partition coefficient (Wildman–Crippen LogP) is 4.09. The largest absolute Gasteiger partial charge is 0.493 e. The number of hydrogen-bond acceptors (Lipinski definition) is 7. The van der Waals surface area contributed by atoms with Gasteiger partial charge in [0.05, 0.1) is 31.2 Å². The lowest BCUT2D eigenvalue weighted by molar-refractivity contribution is 0.0956. The summed E-state index contributed by atoms with van der Waals surface area (Å²) in [6.07, 6.45) is 1.16. The quantitative estimate of drug-likeness (QED) is 0.495. The summed E-state index contributed by atoms with van der Waals surface area (Å²) in [6, 6.07) is 9.82. The van der Waals surface area contributed by atoms with Gasteiger partial charge in [0.15, 0.2) is 28.6 Å². The number of rotatable bonds is 4. The molecule has 4 aromatic rings. The molecule has 0 saturated heterocycles. The number of carbonyl (C=O) groups excluding carboxylic acids is 1. The average molecular weight is 420 g/mol. The second-order valence-corrected chi connectivity index (χ2v) is 8.28. The van der Waals surface area contributed by atoms with Crippen LogP contribution in [-0.2, 0) is 6.42 Å². The molecule has 3 heterocycles. The summed E-state index contributed by atoms with van der Waals surface area (Å²) >= 11 is 1.68. The van der Waals surface area contributed by atoms with E-state index in [1.807, 2.05) is 36.6 Å². The SMILES string of the molecule is COc1ccc(-c2c(C)nn3c4c(nnc23)C(=O)CC(c2cccs2)C4)cc1OC. The minimum absolute atomic E-state index is 0.0184. The highest BCUT2D eigenvalue weighted by molar-refractivity contribution is 7.10. The highest BCUT2D eigenvalue weighted by atomic mass is 32.1. The van der Waals surface area contributed by atoms with Gasteiger partial charge in [-0.2, -0.15) is 5.10 Å². The van der Waals surface area contributed by atoms with Crippen LogP contribution in [0, 0.1) is 6.92 Å². The number of fused-ring (bicyclic) bond motifs is 3. The summed E-state index contributed by atoms with van der Waals surface area (Å²) < 4.78 is 12.6. The van der Waals surface area contributed by atoms with E-state index >= 15 is 0 Å². The number of ketones is 1. The molecule has 0 fully saturated rings. The van der Waals surface area contributed by atoms with E-state index in [1.54, 1.807) is 30.1 Å². The van der Waals surface area contributed by atoms with Crippen LogP contribution in [0.3, 0.4) is 0 Å². The molecule has 0 aliphatic heterocycles. The standard InChI is InChI=1S/C22H20N4O3S/c1-12-20(13-6-7-17(28-2)18(11-13)29-3)22-24-23-21-15(26(22)25-12)9-14(10-16(21)27)19-5-4-8-30-19/h4-8,11,14H,9-10H2,1-3H3. The van der Waals surface area contributed by atoms with E-state index in [-0.39, 0.29) is 11.7 Å². The smallest absolute Gasteiger partial charge is 0.185 e. The fourth-order valence-corrected chi connectivity index (χ4v) is 4.96. The minimum atomic E-state index is 0.0184. The molecule has 0 saturated carbocycles. The third-order valence-electron chi connectivity index (χ3n) is 5.56. The molecule has 1 aliphatic rings. The van der Waals surface area contributed by atoms with Crippen LogP contribution in [0.25, 0.3) is 16.8 Å². The summed E-state index contributed by atoms with van der Waals surface area (Å²) in [5.41, 5.74) is 4.48. The van der Waals surface area contributed by atoms with Gasteiger partial charge in [-0.1, -0.05) is 12.1 Å². The number of aryl methyl sites for hydroxylation is 1. The number of Topliss-reactive ketones (excluding diaryl/α,β-unsaturated/α-hetero) is 1. The van der Waals surface area contributed by atoms with Crippen molar-refractivity contribution in [1.29, 1.82) is 0 Å². The first-order valence-corrected chi connectivity index (χ1v) is 10.5. The van der Waals surface area contributed by atoms with Crippen molar-refractivity contribution in [1.82, 2.24) is 19.8 Å². The molecule has 1 aliphatic carbocycles. The second-order valence-electron chi connectivity index (χ2n) is 7.30. The summed E-state index contributed by atoms with van der Waals surface area (Å²) in [5, 5.41) is 15.5. The lowest BCUT2D eigenvalue weighted by atomic mass is 9.87. The number of nitrogens with zero attached hydrogens (tertiary/aromatic N) is 4. The van der Waals surface area contributed by atoms with Gasteiger partial charge >= 0.3 is 0 Å². The third-order valence-corrected chi connectivity index (χ3v) is 6.60. The first-order chi connectivity index (χ1) is 14.6. The zero-order valence-electron chi connectivity index (χ0n) is 16.9. The topological polar surface area (TPSA) is 78.6 Å². The number of hydrogen-bond donors (Lipinski definition) is 0. The van der Waals surface area contributed by atoms with Crippen molar-refractivity contribution in [3.63, 3.8) is 0 Å². The maximum atomic E-state index is 12.8. The molecule has 30 heavy (non-hydrogen) atoms. The van der Waals surface area contributed by atoms with Crippen molar-refractivity contribution in [2.45, 2.75) is 25.7 Å². The van der Waals surface area contributed by atoms with Gasteiger partial charge in [0.25, 0.3) is 0 Å². The molecule has 5 rings (SSSR count). The third kappa shape index (κ3) is 2.87. The normalized spacial score (nSPS) is 16.0. The molecule has 0 radical (unpaired) electrons. The Balaban J connectivity index is 1.66. The van der Waals surface area contributed by atoms with Gasteiger partial charge in [0.2, 0.25) is 0 Å². The Labute approximate surface area is 177 Å². The molecule has 8 heteroatoms. The molecule has 0 spiro atoms. The maximum absolute atomic E-state index is 12.8. The summed E-state index contributed by atoms with van der Waals surface area (Å²) in [5.74, 6) is 1.45. The number of thiophene rings is 1. The van der Waals surface area contributed by atoms with Crippen LogP contribution < -0.4 is 9.47 Å². The number of carbonyl (C=O) groups is 1. The summed E-state index contributed by atoms with van der Waals surface area (Å²) in [7, 11) is 3.22. The zero-order valence-corrected chi connectivity index (χ0v) is 17.7. The van der Waals surface area contributed by atoms with Crippen LogP contribution in [0.5, 0.6) is 11.5 Å². The molecule has 1 aromatic carbocycles. The van der Waals surface area contributed by atoms with Gasteiger partial charge in [-0.3, -0.25) is 4.79 Å². The Hall–Kier alpha value is -3.26. The number of benzene rings is 1. The van der Waals surface area contributed by atoms with Crippen molar-refractivity contribution in [3.8, 4) is 22.6 Å². The fourth-order valence-electron chi connectivity index (χ4n) is 4.13. The van der Waals surface area contributed by atoms with Gasteiger partial charge in [0.1, 0.15) is 0 Å². The van der Waals surface area contributed by atoms with Crippen LogP contribution >= 0.6 is 11.3 Å². The highest BCUT2D eigenvalue weighted by Gasteiger charge is 2.32. The van der Waals surface area contributed by atoms with Crippen molar-refractivity contribution in [3.05, 3.63) is 57.7 Å². The van der Waals surface area contributed by atoms with E-state index in [0.29, 0.717) is 35.7 Å². The Bertz CT molecular complexity index is 1260. The molecule has 0 N–H and O–H groups in total. The van der Waals surface area contributed by atoms with Crippen molar-refractivity contribution in [2.24, 2.45) is 0 Å². The van der Waals surface area contributed by atoms with Gasteiger partial charge in [0, 0.05) is 23.6 Å². The maximum Gasteiger partial charge on any atom is 0.185 e. The van der Waals surface area contributed by atoms with E-state index in [0.717, 1.165) is 22.5 Å². The molecule has 3 aromatic heterocycles. The molecule has 1 atom stereocenters. The number of methoxy groups -OCH3 is 2. The van der Waals surface area contributed by atoms with Crippen LogP contribution in [-0.4, -0.2) is 39.8 Å². The van der Waals surface area contributed by atoms with Gasteiger partial charge in [-0.05, 0) is 36.1 Å². The van der Waals surface area contributed by atoms with Crippen LogP contribution in [0.15, 0.2) is 35.7 Å². The summed E-state index contributed by atoms with van der Waals surface area (Å²) in [6.45, 7) is 1.94. The molecular formula is C22H20N4O3S.